The first-order valence-electron chi connectivity index (χ1n) is 5.90. The molecule has 3 nitrogen and oxygen atoms in total. The average molecular weight is 294 g/mol. The molecule has 0 bridgehead atoms. The first kappa shape index (κ1) is 12.3. The van der Waals surface area contributed by atoms with Gasteiger partial charge in [-0.1, -0.05) is 46.6 Å². The van der Waals surface area contributed by atoms with Gasteiger partial charge in [0.15, 0.2) is 0 Å². The fourth-order valence-electron chi connectivity index (χ4n) is 1.74. The molecule has 0 atom stereocenters. The zero-order valence-corrected chi connectivity index (χ0v) is 11.5. The smallest absolute Gasteiger partial charge is 0.0840 e. The van der Waals surface area contributed by atoms with Crippen molar-refractivity contribution >= 4 is 15.9 Å². The number of alkyl halides is 1. The Balaban J connectivity index is 2.15. The molecular formula is C13H16BrN3. The van der Waals surface area contributed by atoms with Gasteiger partial charge < -0.3 is 0 Å². The lowest BCUT2D eigenvalue weighted by molar-refractivity contribution is 0.797. The Morgan fingerprint density at radius 1 is 1.18 bits per heavy atom. The second-order valence-corrected chi connectivity index (χ2v) is 4.80. The summed E-state index contributed by atoms with van der Waals surface area (Å²) in [5.74, 6) is 0. The summed E-state index contributed by atoms with van der Waals surface area (Å²) in [5.41, 5.74) is 3.45. The monoisotopic (exact) mass is 293 g/mol. The van der Waals surface area contributed by atoms with Crippen LogP contribution in [0.2, 0.25) is 0 Å². The van der Waals surface area contributed by atoms with Gasteiger partial charge in [0.25, 0.3) is 0 Å². The summed E-state index contributed by atoms with van der Waals surface area (Å²) >= 11 is 3.40. The van der Waals surface area contributed by atoms with Gasteiger partial charge in [-0.25, -0.2) is 4.68 Å². The molecule has 0 saturated carbocycles. The fourth-order valence-corrected chi connectivity index (χ4v) is 2.15. The van der Waals surface area contributed by atoms with E-state index in [9.17, 15) is 0 Å². The van der Waals surface area contributed by atoms with Crippen LogP contribution in [0.1, 0.15) is 24.6 Å². The van der Waals surface area contributed by atoms with Crippen LogP contribution in [0, 0.1) is 0 Å². The number of halogens is 1. The van der Waals surface area contributed by atoms with Crippen LogP contribution >= 0.6 is 15.9 Å². The molecule has 1 aromatic carbocycles. The topological polar surface area (TPSA) is 30.7 Å². The van der Waals surface area contributed by atoms with Gasteiger partial charge in [0.1, 0.15) is 0 Å². The molecule has 0 fully saturated rings. The van der Waals surface area contributed by atoms with E-state index in [0.717, 1.165) is 29.6 Å². The summed E-state index contributed by atoms with van der Waals surface area (Å²) in [6.45, 7) is 2.19. The predicted octanol–water partition coefficient (Wildman–Crippen LogP) is 3.16. The highest BCUT2D eigenvalue weighted by Gasteiger charge is 2.02. The van der Waals surface area contributed by atoms with Crippen molar-refractivity contribution in [3.63, 3.8) is 0 Å². The van der Waals surface area contributed by atoms with E-state index >= 15 is 0 Å². The van der Waals surface area contributed by atoms with Gasteiger partial charge in [-0.2, -0.15) is 0 Å². The Hall–Kier alpha value is -1.16. The Morgan fingerprint density at radius 3 is 2.59 bits per heavy atom. The van der Waals surface area contributed by atoms with Crippen LogP contribution in [0.3, 0.4) is 0 Å². The molecule has 1 aromatic heterocycles. The van der Waals surface area contributed by atoms with Crippen molar-refractivity contribution in [3.05, 3.63) is 41.7 Å². The zero-order chi connectivity index (χ0) is 12.1. The van der Waals surface area contributed by atoms with Crippen LogP contribution in [-0.4, -0.2) is 20.3 Å². The van der Waals surface area contributed by atoms with Gasteiger partial charge in [-0.15, -0.1) is 5.10 Å². The maximum absolute atomic E-state index is 4.13. The molecule has 0 aliphatic heterocycles. The van der Waals surface area contributed by atoms with Crippen molar-refractivity contribution in [2.45, 2.75) is 26.2 Å². The Labute approximate surface area is 110 Å². The van der Waals surface area contributed by atoms with Gasteiger partial charge in [0.2, 0.25) is 0 Å². The van der Waals surface area contributed by atoms with Crippen molar-refractivity contribution in [3.8, 4) is 5.69 Å². The van der Waals surface area contributed by atoms with Crippen molar-refractivity contribution in [2.75, 3.05) is 5.33 Å². The molecule has 2 rings (SSSR count). The second kappa shape index (κ2) is 5.96. The minimum atomic E-state index is 0.911. The zero-order valence-electron chi connectivity index (χ0n) is 9.93. The molecule has 0 radical (unpaired) electrons. The number of nitrogens with zero attached hydrogens (tertiary/aromatic N) is 3. The van der Waals surface area contributed by atoms with Crippen LogP contribution in [0.25, 0.3) is 5.69 Å². The van der Waals surface area contributed by atoms with Crippen LogP contribution in [-0.2, 0) is 12.8 Å². The molecule has 2 aromatic rings. The summed E-state index contributed by atoms with van der Waals surface area (Å²) < 4.78 is 1.83. The maximum atomic E-state index is 4.13. The molecular weight excluding hydrogens is 278 g/mol. The number of aryl methyl sites for hydroxylation is 2. The van der Waals surface area contributed by atoms with Crippen molar-refractivity contribution in [1.82, 2.24) is 15.0 Å². The normalized spacial score (nSPS) is 10.7. The molecule has 0 amide bonds. The first-order chi connectivity index (χ1) is 8.33. The minimum Gasteiger partial charge on any atom is -0.220 e. The molecule has 4 heteroatoms. The highest BCUT2D eigenvalue weighted by molar-refractivity contribution is 9.09. The van der Waals surface area contributed by atoms with E-state index in [2.05, 4.69) is 57.4 Å². The van der Waals surface area contributed by atoms with Crippen molar-refractivity contribution < 1.29 is 0 Å². The molecule has 0 spiro atoms. The third-order valence-corrected chi connectivity index (χ3v) is 3.03. The molecule has 0 aliphatic rings. The molecule has 17 heavy (non-hydrogen) atoms. The van der Waals surface area contributed by atoms with Crippen LogP contribution in [0.15, 0.2) is 30.5 Å². The Morgan fingerprint density at radius 2 is 1.94 bits per heavy atom. The van der Waals surface area contributed by atoms with E-state index in [1.165, 1.54) is 12.0 Å². The molecule has 1 heterocycles. The summed E-state index contributed by atoms with van der Waals surface area (Å²) in [7, 11) is 0. The number of rotatable bonds is 5. The molecule has 0 aliphatic carbocycles. The van der Waals surface area contributed by atoms with Crippen molar-refractivity contribution in [2.24, 2.45) is 0 Å². The lowest BCUT2D eigenvalue weighted by Crippen LogP contribution is -1.95. The van der Waals surface area contributed by atoms with E-state index in [1.54, 1.807) is 0 Å². The van der Waals surface area contributed by atoms with Crippen molar-refractivity contribution in [1.29, 1.82) is 0 Å². The first-order valence-corrected chi connectivity index (χ1v) is 7.02. The van der Waals surface area contributed by atoms with E-state index in [0.29, 0.717) is 0 Å². The number of hydrogen-bond acceptors (Lipinski definition) is 2. The molecule has 90 valence electrons. The Bertz CT molecular complexity index is 462. The fraction of sp³-hybridized carbons (Fsp3) is 0.385. The minimum absolute atomic E-state index is 0.911. The van der Waals surface area contributed by atoms with Gasteiger partial charge in [0.05, 0.1) is 17.6 Å². The SMILES string of the molecule is CCCc1ccc(-n2cc(CCBr)nn2)cc1. The van der Waals surface area contributed by atoms with Crippen LogP contribution in [0.4, 0.5) is 0 Å². The van der Waals surface area contributed by atoms with E-state index in [4.69, 9.17) is 0 Å². The summed E-state index contributed by atoms with van der Waals surface area (Å²) in [6.07, 6.45) is 5.20. The summed E-state index contributed by atoms with van der Waals surface area (Å²) in [5, 5.41) is 9.17. The maximum Gasteiger partial charge on any atom is 0.0840 e. The summed E-state index contributed by atoms with van der Waals surface area (Å²) in [4.78, 5) is 0. The lowest BCUT2D eigenvalue weighted by Gasteiger charge is -2.02. The summed E-state index contributed by atoms with van der Waals surface area (Å²) in [6, 6.07) is 8.50. The van der Waals surface area contributed by atoms with Gasteiger partial charge in [0, 0.05) is 11.8 Å². The second-order valence-electron chi connectivity index (χ2n) is 4.01. The number of aromatic nitrogens is 3. The van der Waals surface area contributed by atoms with Gasteiger partial charge >= 0.3 is 0 Å². The predicted molar refractivity (Wildman–Crippen MR) is 72.9 cm³/mol. The Kier molecular flexibility index (Phi) is 4.31. The van der Waals surface area contributed by atoms with E-state index in [1.807, 2.05) is 10.9 Å². The van der Waals surface area contributed by atoms with E-state index < -0.39 is 0 Å². The molecule has 0 N–H and O–H groups in total. The van der Waals surface area contributed by atoms with Crippen LogP contribution < -0.4 is 0 Å². The highest BCUT2D eigenvalue weighted by Crippen LogP contribution is 2.10. The van der Waals surface area contributed by atoms with E-state index in [-0.39, 0.29) is 0 Å². The molecule has 0 saturated heterocycles. The third kappa shape index (κ3) is 3.16. The standard InChI is InChI=1S/C13H16BrN3/c1-2-3-11-4-6-13(7-5-11)17-10-12(8-9-14)15-16-17/h4-7,10H,2-3,8-9H2,1H3. The average Bonchev–Trinajstić information content (AvgIpc) is 2.80. The quantitative estimate of drug-likeness (QED) is 0.793. The third-order valence-electron chi connectivity index (χ3n) is 2.63. The number of benzene rings is 1. The highest BCUT2D eigenvalue weighted by atomic mass is 79.9. The van der Waals surface area contributed by atoms with Gasteiger partial charge in [-0.3, -0.25) is 0 Å². The molecule has 0 unspecified atom stereocenters. The van der Waals surface area contributed by atoms with Crippen LogP contribution in [0.5, 0.6) is 0 Å². The van der Waals surface area contributed by atoms with Gasteiger partial charge in [-0.05, 0) is 24.1 Å². The number of hydrogen-bond donors (Lipinski definition) is 0. The largest absolute Gasteiger partial charge is 0.220 e. The lowest BCUT2D eigenvalue weighted by atomic mass is 10.1.